The summed E-state index contributed by atoms with van der Waals surface area (Å²) in [4.78, 5) is 12.9. The number of hydrogen-bond donors (Lipinski definition) is 2. The average Bonchev–Trinajstić information content (AvgIpc) is 3.13. The largest absolute Gasteiger partial charge is 0.336 e. The fourth-order valence-corrected chi connectivity index (χ4v) is 4.42. The molecule has 1 heterocycles. The number of nitrogens with one attached hydrogen (secondary N) is 1. The highest BCUT2D eigenvalue weighted by atomic mass is 32.2. The number of carbonyl (C=O) groups is 1. The molecule has 2 N–H and O–H groups in total. The first-order valence-electron chi connectivity index (χ1n) is 8.98. The Bertz CT molecular complexity index is 1190. The van der Waals surface area contributed by atoms with Crippen molar-refractivity contribution >= 4 is 21.8 Å². The maximum atomic E-state index is 14.6. The Balaban J connectivity index is 2.13. The third-order valence-electron chi connectivity index (χ3n) is 4.83. The average molecular weight is 430 g/mol. The molecule has 2 amide bonds. The van der Waals surface area contributed by atoms with Crippen LogP contribution in [-0.2, 0) is 10.1 Å². The second-order valence-electron chi connectivity index (χ2n) is 6.69. The Hall–Kier alpha value is -3.30. The second-order valence-corrected chi connectivity index (χ2v) is 8.05. The van der Waals surface area contributed by atoms with Crippen LogP contribution in [0.2, 0.25) is 0 Å². The highest BCUT2D eigenvalue weighted by Crippen LogP contribution is 2.41. The molecule has 1 aliphatic heterocycles. The molecule has 0 saturated carbocycles. The van der Waals surface area contributed by atoms with Crippen LogP contribution in [0.5, 0.6) is 0 Å². The molecule has 3 aromatic rings. The summed E-state index contributed by atoms with van der Waals surface area (Å²) in [5, 5.41) is 2.63. The predicted octanol–water partition coefficient (Wildman–Crippen LogP) is 4.08. The van der Waals surface area contributed by atoms with E-state index in [4.69, 9.17) is 0 Å². The molecule has 4 rings (SSSR count). The van der Waals surface area contributed by atoms with Crippen LogP contribution < -0.4 is 10.2 Å². The molecule has 1 saturated heterocycles. The van der Waals surface area contributed by atoms with Crippen molar-refractivity contribution in [2.45, 2.75) is 4.90 Å². The Kier molecular flexibility index (Phi) is 5.00. The van der Waals surface area contributed by atoms with Gasteiger partial charge >= 0.3 is 6.03 Å². The molecule has 1 aliphatic rings. The Morgan fingerprint density at radius 3 is 1.77 bits per heavy atom. The molecule has 154 valence electrons. The maximum absolute atomic E-state index is 14.6. The van der Waals surface area contributed by atoms with Gasteiger partial charge in [-0.1, -0.05) is 36.4 Å². The van der Waals surface area contributed by atoms with Gasteiger partial charge in [-0.3, -0.25) is 9.45 Å². The first-order chi connectivity index (χ1) is 14.3. The monoisotopic (exact) mass is 430 g/mol. The summed E-state index contributed by atoms with van der Waals surface area (Å²) in [6.07, 6.45) is 0. The Labute approximate surface area is 171 Å². The predicted molar refractivity (Wildman–Crippen MR) is 108 cm³/mol. The summed E-state index contributed by atoms with van der Waals surface area (Å²) in [5.41, 5.74) is -0.320. The molecule has 0 radical (unpaired) electrons. The van der Waals surface area contributed by atoms with Gasteiger partial charge in [0.25, 0.3) is 10.1 Å². The number of urea groups is 1. The summed E-state index contributed by atoms with van der Waals surface area (Å²) < 4.78 is 63.9. The zero-order valence-corrected chi connectivity index (χ0v) is 16.3. The van der Waals surface area contributed by atoms with Gasteiger partial charge < -0.3 is 5.32 Å². The lowest BCUT2D eigenvalue weighted by Crippen LogP contribution is -2.28. The molecule has 0 aliphatic carbocycles. The zero-order chi connectivity index (χ0) is 21.5. The number of anilines is 1. The number of nitrogens with zero attached hydrogens (tertiary/aromatic N) is 1. The molecule has 0 unspecified atom stereocenters. The zero-order valence-electron chi connectivity index (χ0n) is 15.5. The highest BCUT2D eigenvalue weighted by molar-refractivity contribution is 7.86. The van der Waals surface area contributed by atoms with Gasteiger partial charge in [0.05, 0.1) is 0 Å². The van der Waals surface area contributed by atoms with Crippen molar-refractivity contribution in [2.75, 3.05) is 18.0 Å². The van der Waals surface area contributed by atoms with Gasteiger partial charge in [0, 0.05) is 41.0 Å². The van der Waals surface area contributed by atoms with Crippen LogP contribution in [0.25, 0.3) is 22.3 Å². The van der Waals surface area contributed by atoms with E-state index in [0.29, 0.717) is 6.54 Å². The van der Waals surface area contributed by atoms with Gasteiger partial charge in [-0.25, -0.2) is 13.6 Å². The minimum atomic E-state index is -4.90. The molecule has 3 aromatic carbocycles. The van der Waals surface area contributed by atoms with Crippen LogP contribution >= 0.6 is 0 Å². The van der Waals surface area contributed by atoms with E-state index in [1.54, 1.807) is 0 Å². The number of hydrogen-bond acceptors (Lipinski definition) is 3. The normalized spacial score (nSPS) is 14.1. The van der Waals surface area contributed by atoms with Crippen LogP contribution in [-0.4, -0.2) is 32.1 Å². The first-order valence-corrected chi connectivity index (χ1v) is 10.4. The third-order valence-corrected chi connectivity index (χ3v) is 5.78. The van der Waals surface area contributed by atoms with E-state index >= 15 is 0 Å². The van der Waals surface area contributed by atoms with Gasteiger partial charge in [0.15, 0.2) is 0 Å². The van der Waals surface area contributed by atoms with Crippen LogP contribution in [0.1, 0.15) is 0 Å². The lowest BCUT2D eigenvalue weighted by atomic mass is 9.96. The van der Waals surface area contributed by atoms with E-state index in [2.05, 4.69) is 5.32 Å². The summed E-state index contributed by atoms with van der Waals surface area (Å²) in [7, 11) is -4.90. The molecule has 0 atom stereocenters. The first kappa shape index (κ1) is 20.0. The smallest absolute Gasteiger partial charge is 0.321 e. The Morgan fingerprint density at radius 2 is 1.37 bits per heavy atom. The van der Waals surface area contributed by atoms with Crippen LogP contribution in [0.3, 0.4) is 0 Å². The van der Waals surface area contributed by atoms with E-state index in [0.717, 1.165) is 12.1 Å². The van der Waals surface area contributed by atoms with Crippen molar-refractivity contribution < 1.29 is 26.5 Å². The number of halogens is 2. The molecule has 6 nitrogen and oxygen atoms in total. The minimum absolute atomic E-state index is 0.107. The number of rotatable bonds is 4. The Morgan fingerprint density at radius 1 is 0.867 bits per heavy atom. The van der Waals surface area contributed by atoms with E-state index < -0.39 is 32.7 Å². The maximum Gasteiger partial charge on any atom is 0.321 e. The fraction of sp³-hybridized carbons (Fsp3) is 0.0952. The summed E-state index contributed by atoms with van der Waals surface area (Å²) >= 11 is 0. The van der Waals surface area contributed by atoms with E-state index in [1.807, 2.05) is 0 Å². The van der Waals surface area contributed by atoms with Crippen LogP contribution in [0.15, 0.2) is 65.6 Å². The quantitative estimate of drug-likeness (QED) is 0.611. The molecule has 30 heavy (non-hydrogen) atoms. The van der Waals surface area contributed by atoms with Crippen molar-refractivity contribution in [2.24, 2.45) is 0 Å². The summed E-state index contributed by atoms with van der Waals surface area (Å²) in [5.74, 6) is -1.46. The SMILES string of the molecule is O=C1NCCN1c1cc(-c2ccccc2F)c(S(=O)(=O)O)c(-c2ccccc2F)c1. The van der Waals surface area contributed by atoms with Gasteiger partial charge in [-0.05, 0) is 24.3 Å². The molecule has 0 bridgehead atoms. The minimum Gasteiger partial charge on any atom is -0.336 e. The molecule has 0 spiro atoms. The van der Waals surface area contributed by atoms with Gasteiger partial charge in [-0.15, -0.1) is 0 Å². The van der Waals surface area contributed by atoms with Gasteiger partial charge in [-0.2, -0.15) is 8.42 Å². The van der Waals surface area contributed by atoms with Gasteiger partial charge in [0.2, 0.25) is 0 Å². The topological polar surface area (TPSA) is 86.7 Å². The van der Waals surface area contributed by atoms with Crippen LogP contribution in [0.4, 0.5) is 19.3 Å². The van der Waals surface area contributed by atoms with Crippen molar-refractivity contribution in [3.63, 3.8) is 0 Å². The van der Waals surface area contributed by atoms with E-state index in [1.165, 1.54) is 53.4 Å². The summed E-state index contributed by atoms with van der Waals surface area (Å²) in [6.45, 7) is 0.653. The van der Waals surface area contributed by atoms with Crippen molar-refractivity contribution in [1.82, 2.24) is 5.32 Å². The second kappa shape index (κ2) is 7.51. The fourth-order valence-electron chi connectivity index (χ4n) is 3.52. The molecular formula is C21H16F2N2O4S. The number of amides is 2. The molecule has 0 aromatic heterocycles. The highest BCUT2D eigenvalue weighted by Gasteiger charge is 2.29. The van der Waals surface area contributed by atoms with Crippen molar-refractivity contribution in [1.29, 1.82) is 0 Å². The summed E-state index contributed by atoms with van der Waals surface area (Å²) in [6, 6.07) is 13.0. The lowest BCUT2D eigenvalue weighted by molar-refractivity contribution is 0.252. The van der Waals surface area contributed by atoms with Crippen molar-refractivity contribution in [3.05, 3.63) is 72.3 Å². The number of benzene rings is 3. The van der Waals surface area contributed by atoms with Crippen molar-refractivity contribution in [3.8, 4) is 22.3 Å². The van der Waals surface area contributed by atoms with Gasteiger partial charge in [0.1, 0.15) is 16.5 Å². The standard InChI is InChI=1S/C21H16F2N2O4S/c22-18-7-3-1-5-14(18)16-11-13(25-10-9-24-21(25)26)12-17(20(16)30(27,28)29)15-6-2-4-8-19(15)23/h1-8,11-12H,9-10H2,(H,24,26)(H,27,28,29). The molecular weight excluding hydrogens is 414 g/mol. The molecule has 9 heteroatoms. The van der Waals surface area contributed by atoms with E-state index in [9.17, 15) is 26.5 Å². The van der Waals surface area contributed by atoms with E-state index in [-0.39, 0.29) is 34.5 Å². The molecule has 1 fully saturated rings. The lowest BCUT2D eigenvalue weighted by Gasteiger charge is -2.21. The van der Waals surface area contributed by atoms with Crippen LogP contribution in [0, 0.1) is 11.6 Å². The number of carbonyl (C=O) groups excluding carboxylic acids is 1. The third kappa shape index (κ3) is 3.53.